The number of carbonyl (C=O) groups is 2. The van der Waals surface area contributed by atoms with Crippen LogP contribution in [0.2, 0.25) is 0 Å². The number of anilines is 1. The fraction of sp³-hybridized carbons (Fsp3) is 0.265. The van der Waals surface area contributed by atoms with Gasteiger partial charge in [0.1, 0.15) is 5.56 Å². The van der Waals surface area contributed by atoms with Crippen molar-refractivity contribution in [3.8, 4) is 17.5 Å². The largest absolute Gasteiger partial charge is 0.381 e. The fourth-order valence-corrected chi connectivity index (χ4v) is 5.56. The average molecular weight is 590 g/mol. The number of primary amides is 1. The van der Waals surface area contributed by atoms with Crippen molar-refractivity contribution in [2.75, 3.05) is 12.3 Å². The van der Waals surface area contributed by atoms with E-state index in [-0.39, 0.29) is 28.8 Å². The molecule has 0 bridgehead atoms. The molecule has 1 aliphatic rings. The minimum absolute atomic E-state index is 0.0586. The first kappa shape index (κ1) is 30.0. The molecule has 0 unspecified atom stereocenters. The number of aromatic nitrogens is 4. The third-order valence-corrected chi connectivity index (χ3v) is 7.72. The van der Waals surface area contributed by atoms with Crippen LogP contribution in [-0.2, 0) is 11.2 Å². The van der Waals surface area contributed by atoms with Crippen molar-refractivity contribution in [3.63, 3.8) is 0 Å². The number of benzene rings is 2. The van der Waals surface area contributed by atoms with Crippen LogP contribution in [0.3, 0.4) is 0 Å². The van der Waals surface area contributed by atoms with Gasteiger partial charge in [0.05, 0.1) is 11.9 Å². The lowest BCUT2D eigenvalue weighted by Gasteiger charge is -2.19. The molecule has 3 aromatic heterocycles. The van der Waals surface area contributed by atoms with Crippen LogP contribution in [0.5, 0.6) is 0 Å². The Morgan fingerprint density at radius 2 is 1.82 bits per heavy atom. The average Bonchev–Trinajstić information content (AvgIpc) is 3.39. The number of hydrogen-bond donors (Lipinski definition) is 3. The number of nitrogens with two attached hydrogens (primary N) is 2. The maximum absolute atomic E-state index is 13.5. The molecular weight excluding hydrogens is 554 g/mol. The molecule has 0 spiro atoms. The number of hydrogen-bond acceptors (Lipinski definition) is 6. The van der Waals surface area contributed by atoms with Crippen molar-refractivity contribution in [2.24, 2.45) is 11.7 Å². The number of carbonyl (C=O) groups excluding carboxylic acids is 2. The predicted molar refractivity (Wildman–Crippen MR) is 171 cm³/mol. The van der Waals surface area contributed by atoms with Crippen LogP contribution >= 0.6 is 0 Å². The van der Waals surface area contributed by atoms with E-state index in [4.69, 9.17) is 11.5 Å². The number of nitrogens with one attached hydrogen (secondary N) is 1. The maximum atomic E-state index is 13.5. The van der Waals surface area contributed by atoms with Crippen LogP contribution in [0, 0.1) is 17.8 Å². The summed E-state index contributed by atoms with van der Waals surface area (Å²) in [6.45, 7) is 2.35. The summed E-state index contributed by atoms with van der Waals surface area (Å²) < 4.78 is 3.19. The van der Waals surface area contributed by atoms with E-state index in [1.165, 1.54) is 10.9 Å². The lowest BCUT2D eigenvalue weighted by atomic mass is 9.89. The number of nitrogens with zero attached hydrogens (tertiary/aromatic N) is 4. The number of aryl methyl sites for hydroxylation is 1. The molecule has 6 rings (SSSR count). The quantitative estimate of drug-likeness (QED) is 0.264. The molecule has 224 valence electrons. The highest BCUT2D eigenvalue weighted by Crippen LogP contribution is 2.23. The normalized spacial score (nSPS) is 13.0. The minimum Gasteiger partial charge on any atom is -0.381 e. The standard InChI is InChI=1S/C27H28N2O2.C7H7N5O/c1-2-23-19-22-14-9-13-20(15-10-18-28-26(30)21-11-5-3-6-12-21)25(22)27(31)29(23)24-16-7-4-8-17-24;8-5-4(6(9)13)7-10-2-1-3-12(7)11-5/h4,7-9,13-14,16-17,19,21H,2-3,5-6,11-12,18H2,1H3,(H,28,30);1-3H,(H2,8,11)(H2,9,13). The van der Waals surface area contributed by atoms with Crippen molar-refractivity contribution in [2.45, 2.75) is 45.4 Å². The van der Waals surface area contributed by atoms with E-state index in [1.54, 1.807) is 23.0 Å². The molecule has 1 saturated carbocycles. The smallest absolute Gasteiger partial charge is 0.264 e. The summed E-state index contributed by atoms with van der Waals surface area (Å²) in [4.78, 5) is 40.7. The molecule has 0 radical (unpaired) electrons. The number of para-hydroxylation sites is 1. The SMILES string of the molecule is CCc1cc2cccc(C#CCNC(=O)C3CCCCC3)c2c(=O)n1-c1ccccc1.NC(=O)c1c(N)nn2cccnc12. The van der Waals surface area contributed by atoms with Gasteiger partial charge in [0.15, 0.2) is 11.5 Å². The van der Waals surface area contributed by atoms with Crippen molar-refractivity contribution < 1.29 is 9.59 Å². The molecule has 5 N–H and O–H groups in total. The van der Waals surface area contributed by atoms with Crippen LogP contribution in [0.25, 0.3) is 22.1 Å². The highest BCUT2D eigenvalue weighted by Gasteiger charge is 2.20. The first-order chi connectivity index (χ1) is 21.4. The van der Waals surface area contributed by atoms with Gasteiger partial charge >= 0.3 is 0 Å². The van der Waals surface area contributed by atoms with Crippen LogP contribution < -0.4 is 22.3 Å². The summed E-state index contributed by atoms with van der Waals surface area (Å²) in [5.41, 5.74) is 13.6. The summed E-state index contributed by atoms with van der Waals surface area (Å²) in [7, 11) is 0. The molecule has 1 aliphatic carbocycles. The Morgan fingerprint density at radius 3 is 2.55 bits per heavy atom. The van der Waals surface area contributed by atoms with Gasteiger partial charge in [-0.1, -0.05) is 68.4 Å². The molecule has 2 aromatic carbocycles. The van der Waals surface area contributed by atoms with E-state index in [9.17, 15) is 14.4 Å². The second kappa shape index (κ2) is 13.7. The van der Waals surface area contributed by atoms with E-state index in [0.29, 0.717) is 23.1 Å². The predicted octanol–water partition coefficient (Wildman–Crippen LogP) is 4.01. The summed E-state index contributed by atoms with van der Waals surface area (Å²) in [6.07, 6.45) is 9.38. The molecule has 10 heteroatoms. The van der Waals surface area contributed by atoms with Crippen LogP contribution in [0.1, 0.15) is 60.6 Å². The van der Waals surface area contributed by atoms with Gasteiger partial charge in [0.2, 0.25) is 5.91 Å². The Morgan fingerprint density at radius 1 is 1.05 bits per heavy atom. The second-order valence-corrected chi connectivity index (χ2v) is 10.6. The summed E-state index contributed by atoms with van der Waals surface area (Å²) >= 11 is 0. The first-order valence-electron chi connectivity index (χ1n) is 14.8. The molecular formula is C34H35N7O3. The van der Waals surface area contributed by atoms with Crippen LogP contribution in [0.15, 0.2) is 77.9 Å². The van der Waals surface area contributed by atoms with Gasteiger partial charge in [0, 0.05) is 35.3 Å². The van der Waals surface area contributed by atoms with E-state index in [2.05, 4.69) is 40.2 Å². The van der Waals surface area contributed by atoms with Gasteiger partial charge in [-0.25, -0.2) is 9.50 Å². The van der Waals surface area contributed by atoms with E-state index < -0.39 is 5.91 Å². The summed E-state index contributed by atoms with van der Waals surface area (Å²) in [6, 6.07) is 19.2. The molecule has 10 nitrogen and oxygen atoms in total. The van der Waals surface area contributed by atoms with Gasteiger partial charge in [-0.05, 0) is 55.0 Å². The zero-order chi connectivity index (χ0) is 31.1. The first-order valence-corrected chi connectivity index (χ1v) is 14.8. The van der Waals surface area contributed by atoms with Crippen molar-refractivity contribution in [3.05, 3.63) is 100 Å². The molecule has 1 fully saturated rings. The number of amides is 2. The molecule has 3 heterocycles. The number of pyridine rings is 1. The fourth-order valence-electron chi connectivity index (χ4n) is 5.56. The molecule has 0 saturated heterocycles. The molecule has 0 atom stereocenters. The van der Waals surface area contributed by atoms with E-state index in [1.807, 2.05) is 48.5 Å². The lowest BCUT2D eigenvalue weighted by Crippen LogP contribution is -2.32. The van der Waals surface area contributed by atoms with Gasteiger partial charge in [-0.2, -0.15) is 0 Å². The number of fused-ring (bicyclic) bond motifs is 2. The Hall–Kier alpha value is -5.43. The third kappa shape index (κ3) is 6.47. The zero-order valence-corrected chi connectivity index (χ0v) is 24.6. The highest BCUT2D eigenvalue weighted by atomic mass is 16.2. The third-order valence-electron chi connectivity index (χ3n) is 7.72. The van der Waals surface area contributed by atoms with E-state index in [0.717, 1.165) is 48.9 Å². The second-order valence-electron chi connectivity index (χ2n) is 10.6. The Kier molecular flexibility index (Phi) is 9.35. The highest BCUT2D eigenvalue weighted by molar-refractivity contribution is 6.03. The Labute approximate surface area is 255 Å². The molecule has 2 amide bonds. The maximum Gasteiger partial charge on any atom is 0.264 e. The Bertz CT molecular complexity index is 1930. The summed E-state index contributed by atoms with van der Waals surface area (Å²) in [5, 5.41) is 8.33. The topological polar surface area (TPSA) is 150 Å². The van der Waals surface area contributed by atoms with Gasteiger partial charge < -0.3 is 16.8 Å². The van der Waals surface area contributed by atoms with Crippen LogP contribution in [0.4, 0.5) is 5.82 Å². The van der Waals surface area contributed by atoms with E-state index >= 15 is 0 Å². The minimum atomic E-state index is -0.619. The van der Waals surface area contributed by atoms with Crippen molar-refractivity contribution in [1.82, 2.24) is 24.5 Å². The van der Waals surface area contributed by atoms with Crippen LogP contribution in [-0.4, -0.2) is 37.5 Å². The molecule has 44 heavy (non-hydrogen) atoms. The van der Waals surface area contributed by atoms with Gasteiger partial charge in [0.25, 0.3) is 11.5 Å². The van der Waals surface area contributed by atoms with Crippen molar-refractivity contribution >= 4 is 34.1 Å². The molecule has 5 aromatic rings. The van der Waals surface area contributed by atoms with Gasteiger partial charge in [-0.3, -0.25) is 19.0 Å². The monoisotopic (exact) mass is 589 g/mol. The molecule has 0 aliphatic heterocycles. The number of rotatable bonds is 5. The Balaban J connectivity index is 0.000000245. The zero-order valence-electron chi connectivity index (χ0n) is 24.6. The lowest BCUT2D eigenvalue weighted by molar-refractivity contribution is -0.125. The van der Waals surface area contributed by atoms with Crippen molar-refractivity contribution in [1.29, 1.82) is 0 Å². The number of nitrogen functional groups attached to an aromatic ring is 1. The van der Waals surface area contributed by atoms with Gasteiger partial charge in [-0.15, -0.1) is 5.10 Å². The summed E-state index contributed by atoms with van der Waals surface area (Å²) in [5.74, 6) is 5.88.